The minimum Gasteiger partial charge on any atom is -0.342 e. The lowest BCUT2D eigenvalue weighted by atomic mass is 9.96. The SMILES string of the molecule is CCCC1CCCN(C(=O)CS)CC1. The molecule has 0 aromatic rings. The van der Waals surface area contributed by atoms with E-state index in [0.29, 0.717) is 5.75 Å². The van der Waals surface area contributed by atoms with Crippen LogP contribution >= 0.6 is 12.6 Å². The highest BCUT2D eigenvalue weighted by atomic mass is 32.1. The molecule has 1 atom stereocenters. The standard InChI is InChI=1S/C11H21NOS/c1-2-4-10-5-3-7-12(8-6-10)11(13)9-14/h10,14H,2-9H2,1H3. The number of nitrogens with zero attached hydrogens (tertiary/aromatic N) is 1. The number of thiol groups is 1. The molecule has 0 N–H and O–H groups in total. The maximum atomic E-state index is 11.4. The van der Waals surface area contributed by atoms with Gasteiger partial charge in [-0.05, 0) is 25.2 Å². The van der Waals surface area contributed by atoms with Gasteiger partial charge in [-0.15, -0.1) is 0 Å². The van der Waals surface area contributed by atoms with Crippen LogP contribution in [0, 0.1) is 5.92 Å². The molecule has 1 aliphatic heterocycles. The summed E-state index contributed by atoms with van der Waals surface area (Å²) in [5.74, 6) is 1.40. The molecule has 1 aliphatic rings. The van der Waals surface area contributed by atoms with Crippen molar-refractivity contribution in [2.24, 2.45) is 5.92 Å². The molecule has 0 aromatic heterocycles. The van der Waals surface area contributed by atoms with Crippen molar-refractivity contribution < 1.29 is 4.79 Å². The molecule has 1 saturated heterocycles. The molecular formula is C11H21NOS. The first-order valence-electron chi connectivity index (χ1n) is 5.66. The number of amides is 1. The predicted molar refractivity (Wildman–Crippen MR) is 62.7 cm³/mol. The van der Waals surface area contributed by atoms with Crippen LogP contribution in [-0.4, -0.2) is 29.6 Å². The summed E-state index contributed by atoms with van der Waals surface area (Å²) >= 11 is 4.03. The molecule has 1 heterocycles. The minimum atomic E-state index is 0.200. The topological polar surface area (TPSA) is 20.3 Å². The minimum absolute atomic E-state index is 0.200. The number of rotatable bonds is 3. The lowest BCUT2D eigenvalue weighted by Crippen LogP contribution is -2.32. The van der Waals surface area contributed by atoms with Crippen LogP contribution in [0.4, 0.5) is 0 Å². The van der Waals surface area contributed by atoms with Gasteiger partial charge in [0, 0.05) is 13.1 Å². The number of carbonyl (C=O) groups excluding carboxylic acids is 1. The summed E-state index contributed by atoms with van der Waals surface area (Å²) in [6.07, 6.45) is 6.25. The lowest BCUT2D eigenvalue weighted by molar-refractivity contribution is -0.128. The normalized spacial score (nSPS) is 23.3. The van der Waals surface area contributed by atoms with Crippen LogP contribution in [0.2, 0.25) is 0 Å². The van der Waals surface area contributed by atoms with E-state index in [1.807, 2.05) is 4.90 Å². The Hall–Kier alpha value is -0.180. The molecule has 1 unspecified atom stereocenters. The van der Waals surface area contributed by atoms with Gasteiger partial charge in [0.05, 0.1) is 5.75 Å². The Balaban J connectivity index is 2.36. The van der Waals surface area contributed by atoms with Gasteiger partial charge in [-0.2, -0.15) is 12.6 Å². The average Bonchev–Trinajstić information content (AvgIpc) is 2.43. The van der Waals surface area contributed by atoms with Crippen molar-refractivity contribution in [2.75, 3.05) is 18.8 Å². The molecule has 82 valence electrons. The van der Waals surface area contributed by atoms with Crippen LogP contribution < -0.4 is 0 Å². The van der Waals surface area contributed by atoms with Crippen molar-refractivity contribution in [1.82, 2.24) is 4.90 Å². The third-order valence-electron chi connectivity index (χ3n) is 3.03. The molecule has 0 radical (unpaired) electrons. The van der Waals surface area contributed by atoms with E-state index in [-0.39, 0.29) is 5.91 Å². The smallest absolute Gasteiger partial charge is 0.232 e. The zero-order valence-electron chi connectivity index (χ0n) is 9.04. The Kier molecular flexibility index (Phi) is 5.38. The van der Waals surface area contributed by atoms with Crippen molar-refractivity contribution in [3.63, 3.8) is 0 Å². The van der Waals surface area contributed by atoms with E-state index in [1.54, 1.807) is 0 Å². The third-order valence-corrected chi connectivity index (χ3v) is 3.30. The zero-order valence-corrected chi connectivity index (χ0v) is 9.93. The molecule has 1 amide bonds. The van der Waals surface area contributed by atoms with Gasteiger partial charge in [0.1, 0.15) is 0 Å². The van der Waals surface area contributed by atoms with Gasteiger partial charge < -0.3 is 4.90 Å². The summed E-state index contributed by atoms with van der Waals surface area (Å²) in [4.78, 5) is 13.4. The lowest BCUT2D eigenvalue weighted by Gasteiger charge is -2.19. The van der Waals surface area contributed by atoms with Gasteiger partial charge in [-0.1, -0.05) is 19.8 Å². The van der Waals surface area contributed by atoms with Crippen molar-refractivity contribution in [3.8, 4) is 0 Å². The first kappa shape index (κ1) is 11.9. The Morgan fingerprint density at radius 3 is 2.86 bits per heavy atom. The summed E-state index contributed by atoms with van der Waals surface area (Å²) in [6.45, 7) is 4.13. The molecule has 0 aromatic carbocycles. The van der Waals surface area contributed by atoms with E-state index in [1.165, 1.54) is 32.1 Å². The van der Waals surface area contributed by atoms with E-state index in [9.17, 15) is 4.79 Å². The Bertz CT molecular complexity index is 184. The van der Waals surface area contributed by atoms with E-state index in [2.05, 4.69) is 19.6 Å². The Labute approximate surface area is 92.5 Å². The molecule has 0 bridgehead atoms. The molecule has 0 saturated carbocycles. The van der Waals surface area contributed by atoms with Gasteiger partial charge in [0.2, 0.25) is 5.91 Å². The summed E-state index contributed by atoms with van der Waals surface area (Å²) < 4.78 is 0. The third kappa shape index (κ3) is 3.52. The second kappa shape index (κ2) is 6.33. The molecule has 0 spiro atoms. The van der Waals surface area contributed by atoms with Crippen molar-refractivity contribution in [3.05, 3.63) is 0 Å². The van der Waals surface area contributed by atoms with Crippen LogP contribution in [0.3, 0.4) is 0 Å². The number of likely N-dealkylation sites (tertiary alicyclic amines) is 1. The number of hydrogen-bond acceptors (Lipinski definition) is 2. The molecule has 14 heavy (non-hydrogen) atoms. The number of hydrogen-bond donors (Lipinski definition) is 1. The van der Waals surface area contributed by atoms with E-state index < -0.39 is 0 Å². The van der Waals surface area contributed by atoms with Gasteiger partial charge in [-0.25, -0.2) is 0 Å². The van der Waals surface area contributed by atoms with Crippen LogP contribution in [-0.2, 0) is 4.79 Å². The van der Waals surface area contributed by atoms with Crippen LogP contribution in [0.25, 0.3) is 0 Å². The fourth-order valence-electron chi connectivity index (χ4n) is 2.21. The van der Waals surface area contributed by atoms with Crippen LogP contribution in [0.1, 0.15) is 39.0 Å². The number of carbonyl (C=O) groups is 1. The monoisotopic (exact) mass is 215 g/mol. The van der Waals surface area contributed by atoms with Gasteiger partial charge in [0.15, 0.2) is 0 Å². The molecule has 1 fully saturated rings. The summed E-state index contributed by atoms with van der Waals surface area (Å²) in [7, 11) is 0. The van der Waals surface area contributed by atoms with Crippen LogP contribution in [0.5, 0.6) is 0 Å². The first-order valence-corrected chi connectivity index (χ1v) is 6.29. The quantitative estimate of drug-likeness (QED) is 0.717. The largest absolute Gasteiger partial charge is 0.342 e. The second-order valence-corrected chi connectivity index (χ2v) is 4.44. The van der Waals surface area contributed by atoms with Gasteiger partial charge >= 0.3 is 0 Å². The van der Waals surface area contributed by atoms with Crippen molar-refractivity contribution in [2.45, 2.75) is 39.0 Å². The summed E-state index contributed by atoms with van der Waals surface area (Å²) in [6, 6.07) is 0. The fourth-order valence-corrected chi connectivity index (χ4v) is 2.41. The molecular weight excluding hydrogens is 194 g/mol. The summed E-state index contributed by atoms with van der Waals surface area (Å²) in [5, 5.41) is 0. The van der Waals surface area contributed by atoms with E-state index >= 15 is 0 Å². The maximum Gasteiger partial charge on any atom is 0.232 e. The van der Waals surface area contributed by atoms with E-state index in [0.717, 1.165) is 19.0 Å². The Morgan fingerprint density at radius 1 is 1.43 bits per heavy atom. The molecule has 1 rings (SSSR count). The first-order chi connectivity index (χ1) is 6.77. The highest BCUT2D eigenvalue weighted by molar-refractivity contribution is 7.81. The fraction of sp³-hybridized carbons (Fsp3) is 0.909. The predicted octanol–water partition coefficient (Wildman–Crippen LogP) is 2.35. The highest BCUT2D eigenvalue weighted by Gasteiger charge is 2.18. The maximum absolute atomic E-state index is 11.4. The average molecular weight is 215 g/mol. The van der Waals surface area contributed by atoms with E-state index in [4.69, 9.17) is 0 Å². The Morgan fingerprint density at radius 2 is 2.21 bits per heavy atom. The van der Waals surface area contributed by atoms with Gasteiger partial charge in [-0.3, -0.25) is 4.79 Å². The second-order valence-electron chi connectivity index (χ2n) is 4.12. The summed E-state index contributed by atoms with van der Waals surface area (Å²) in [5.41, 5.74) is 0. The van der Waals surface area contributed by atoms with Gasteiger partial charge in [0.25, 0.3) is 0 Å². The molecule has 0 aliphatic carbocycles. The zero-order chi connectivity index (χ0) is 10.4. The molecule has 3 heteroatoms. The molecule has 2 nitrogen and oxygen atoms in total. The van der Waals surface area contributed by atoms with Crippen LogP contribution in [0.15, 0.2) is 0 Å². The highest BCUT2D eigenvalue weighted by Crippen LogP contribution is 2.21. The van der Waals surface area contributed by atoms with Crippen molar-refractivity contribution in [1.29, 1.82) is 0 Å². The van der Waals surface area contributed by atoms with Crippen molar-refractivity contribution >= 4 is 18.5 Å².